The molecule has 11 aromatic rings. The van der Waals surface area contributed by atoms with Gasteiger partial charge in [0.2, 0.25) is 0 Å². The lowest BCUT2D eigenvalue weighted by Gasteiger charge is -2.65. The molecule has 1 heterocycles. The Balaban J connectivity index is 0.935. The van der Waals surface area contributed by atoms with E-state index < -0.39 is 0 Å². The van der Waals surface area contributed by atoms with E-state index in [1.807, 2.05) is 175 Å². The third-order valence-corrected chi connectivity index (χ3v) is 35.1. The third-order valence-electron chi connectivity index (χ3n) is 33.3. The normalized spacial score (nSPS) is 44.5. The Kier molecular flexibility index (Phi) is 3.74. The highest BCUT2D eigenvalue weighted by molar-refractivity contribution is 8.00. The summed E-state index contributed by atoms with van der Waals surface area (Å²) in [6.07, 6.45) is 6.66. The van der Waals surface area contributed by atoms with E-state index in [2.05, 4.69) is 103 Å². The highest BCUT2D eigenvalue weighted by Crippen LogP contribution is 3.01. The zero-order valence-electron chi connectivity index (χ0n) is 44.7. The average molecular weight is 1020 g/mol. The van der Waals surface area contributed by atoms with Gasteiger partial charge in [-0.05, 0) is 361 Å². The molecule has 1 saturated carbocycles. The molecule has 366 valence electrons. The summed E-state index contributed by atoms with van der Waals surface area (Å²) in [4.78, 5) is 1.86. The van der Waals surface area contributed by atoms with Crippen molar-refractivity contribution in [2.24, 2.45) is 17.8 Å². The fraction of sp³-hybridized carbons (Fsp3) is 0.436. The molecule has 2 spiro atoms. The van der Waals surface area contributed by atoms with Gasteiger partial charge in [0.05, 0.1) is 4.75 Å². The summed E-state index contributed by atoms with van der Waals surface area (Å²) >= 11 is 2.69. The Morgan fingerprint density at radius 1 is 0.392 bits per heavy atom. The standard InChI is InChI=1S/C78H48S/c1-6-8-9-13(7-2)12-14-10-11-15(76(3,4)5)70-75(14)79-78-73-66-60-50-38-30-22-18-16-17-20-24(22)32(38)42-36-28(20)29-21(17)25-23-19(16)27-26(18)34-40(30)48-54-44(34)45-35(27)41-31(23)39-33(25)43-37(29)47-46(36)58(52(42)60)68(73)69-59(47)53(43)61-51(39)57-49(41)55(45)63-62(54)71(64(66)56(48)50)77(70,78)72(63)65(57)67(61)74(69)78/h10-11,13,18,20,22,24,26,28,34,36,44-47,55,59,63,65,67,69,72,74H,6-9,12H2,1-5H3. The van der Waals surface area contributed by atoms with Crippen molar-refractivity contribution >= 4 is 97.9 Å². The predicted octanol–water partition coefficient (Wildman–Crippen LogP) is 18.6. The zero-order valence-corrected chi connectivity index (χ0v) is 45.5. The van der Waals surface area contributed by atoms with Crippen LogP contribution in [-0.4, -0.2) is 0 Å². The van der Waals surface area contributed by atoms with Crippen LogP contribution in [0.4, 0.5) is 0 Å². The average Bonchev–Trinajstić information content (AvgIpc) is 1.65. The van der Waals surface area contributed by atoms with Crippen molar-refractivity contribution in [1.82, 2.24) is 0 Å². The van der Waals surface area contributed by atoms with Crippen LogP contribution in [0.25, 0.3) is 97.3 Å². The van der Waals surface area contributed by atoms with Crippen LogP contribution in [0.5, 0.6) is 0 Å². The van der Waals surface area contributed by atoms with Crippen molar-refractivity contribution in [2.75, 3.05) is 0 Å². The fourth-order valence-corrected chi connectivity index (χ4v) is 36.2. The van der Waals surface area contributed by atoms with Crippen molar-refractivity contribution < 1.29 is 0 Å². The summed E-state index contributed by atoms with van der Waals surface area (Å²) in [7, 11) is 0. The van der Waals surface area contributed by atoms with Gasteiger partial charge in [-0.3, -0.25) is 0 Å². The van der Waals surface area contributed by atoms with E-state index in [0.717, 1.165) is 5.92 Å². The monoisotopic (exact) mass is 1020 g/mol. The minimum atomic E-state index is -0.0235. The molecule has 1 aliphatic heterocycles. The first kappa shape index (κ1) is 34.8. The molecule has 0 radical (unpaired) electrons. The van der Waals surface area contributed by atoms with E-state index in [4.69, 9.17) is 0 Å². The number of unbranched alkanes of at least 4 members (excludes halogenated alkanes) is 1. The highest BCUT2D eigenvalue weighted by atomic mass is 32.2. The van der Waals surface area contributed by atoms with Crippen LogP contribution in [0.3, 0.4) is 0 Å². The second-order valence-corrected chi connectivity index (χ2v) is 35.2. The minimum Gasteiger partial charge on any atom is -0.112 e. The second-order valence-electron chi connectivity index (χ2n) is 34.0. The van der Waals surface area contributed by atoms with Crippen molar-refractivity contribution in [1.29, 1.82) is 0 Å². The quantitative estimate of drug-likeness (QED) is 0.150. The van der Waals surface area contributed by atoms with Gasteiger partial charge in [-0.15, -0.1) is 11.8 Å². The molecular weight excluding hydrogens is 969 g/mol. The van der Waals surface area contributed by atoms with E-state index in [1.165, 1.54) is 32.1 Å². The molecule has 23 aliphatic rings. The first-order valence-corrected chi connectivity index (χ1v) is 33.8. The largest absolute Gasteiger partial charge is 0.112 e. The number of thioether (sulfide) groups is 1. The number of fused-ring (bicyclic) bond motifs is 1. The van der Waals surface area contributed by atoms with Crippen molar-refractivity contribution in [3.05, 3.63) is 140 Å². The van der Waals surface area contributed by atoms with Gasteiger partial charge >= 0.3 is 0 Å². The Morgan fingerprint density at radius 3 is 1.19 bits per heavy atom. The smallest absolute Gasteiger partial charge is 0.0645 e. The van der Waals surface area contributed by atoms with Crippen molar-refractivity contribution in [3.63, 3.8) is 0 Å². The van der Waals surface area contributed by atoms with E-state index >= 15 is 0 Å². The second kappa shape index (κ2) is 8.48. The Morgan fingerprint density at radius 2 is 0.747 bits per heavy atom. The van der Waals surface area contributed by atoms with Crippen LogP contribution >= 0.6 is 11.8 Å². The van der Waals surface area contributed by atoms with Crippen LogP contribution < -0.4 is 0 Å². The fourth-order valence-electron chi connectivity index (χ4n) is 34.0. The molecular formula is C78H48S. The zero-order chi connectivity index (χ0) is 48.5. The predicted molar refractivity (Wildman–Crippen MR) is 312 cm³/mol. The summed E-state index contributed by atoms with van der Waals surface area (Å²) in [5, 5.41) is 30.9. The number of rotatable bonds is 6. The number of hydrogen-bond acceptors (Lipinski definition) is 1. The van der Waals surface area contributed by atoms with Crippen molar-refractivity contribution in [3.8, 4) is 11.1 Å². The van der Waals surface area contributed by atoms with Gasteiger partial charge in [-0.25, -0.2) is 0 Å². The van der Waals surface area contributed by atoms with Gasteiger partial charge in [-0.1, -0.05) is 72.4 Å². The Labute approximate surface area is 457 Å². The van der Waals surface area contributed by atoms with E-state index in [-0.39, 0.29) is 15.6 Å². The summed E-state index contributed by atoms with van der Waals surface area (Å²) in [5.74, 6) is 13.8. The summed E-state index contributed by atoms with van der Waals surface area (Å²) in [6.45, 7) is 13.0. The molecule has 23 unspecified atom stereocenters. The molecule has 0 nitrogen and oxygen atoms in total. The molecule has 0 bridgehead atoms. The lowest BCUT2D eigenvalue weighted by atomic mass is 9.39. The molecule has 11 aromatic carbocycles. The maximum absolute atomic E-state index is 2.85. The molecule has 22 aliphatic carbocycles. The van der Waals surface area contributed by atoms with E-state index in [0.29, 0.717) is 118 Å². The van der Waals surface area contributed by atoms with Gasteiger partial charge in [0.1, 0.15) is 0 Å². The van der Waals surface area contributed by atoms with Crippen LogP contribution in [-0.2, 0) is 22.0 Å². The first-order chi connectivity index (χ1) is 38.9. The summed E-state index contributed by atoms with van der Waals surface area (Å²) in [6, 6.07) is 5.66. The lowest BCUT2D eigenvalue weighted by Crippen LogP contribution is -2.62. The van der Waals surface area contributed by atoms with Gasteiger partial charge < -0.3 is 0 Å². The van der Waals surface area contributed by atoms with Crippen LogP contribution in [0, 0.1) is 17.8 Å². The van der Waals surface area contributed by atoms with Crippen LogP contribution in [0.15, 0.2) is 17.0 Å². The minimum absolute atomic E-state index is 0.0180. The number of hydrogen-bond donors (Lipinski definition) is 0. The van der Waals surface area contributed by atoms with Crippen LogP contribution in [0.2, 0.25) is 0 Å². The highest BCUT2D eigenvalue weighted by Gasteiger charge is 2.90. The maximum Gasteiger partial charge on any atom is 0.0645 e. The molecule has 34 rings (SSSR count). The van der Waals surface area contributed by atoms with Gasteiger partial charge in [0.15, 0.2) is 0 Å². The molecule has 0 saturated heterocycles. The lowest BCUT2D eigenvalue weighted by molar-refractivity contribution is 0.0334. The molecule has 0 aromatic heterocycles. The first-order valence-electron chi connectivity index (χ1n) is 33.0. The SMILES string of the molecule is CCCCC(CC)Cc1ccc(C(C)(C)C)c2c1SC13c4c5c6c7c8c9c%10c%11c%12c%13c%14c%15c(c%16c%13c%10c7c4-%16)C21C1C%15C2c4c7c%10c%13c%15c%16c%17c%18c%19c%20c%21c%22c%23c(c4c4c%22c%19c%16c%104)C2C%14C%12C%23C%21C%11C9C%20C%18C8C6C%17C%15C5C3C%13C71. The van der Waals surface area contributed by atoms with Crippen LogP contribution in [0.1, 0.15) is 295 Å². The third kappa shape index (κ3) is 2.14. The molecule has 0 N–H and O–H groups in total. The van der Waals surface area contributed by atoms with Gasteiger partial charge in [0.25, 0.3) is 0 Å². The van der Waals surface area contributed by atoms with Gasteiger partial charge in [-0.2, -0.15) is 0 Å². The van der Waals surface area contributed by atoms with E-state index in [9.17, 15) is 0 Å². The molecule has 1 fully saturated rings. The molecule has 79 heavy (non-hydrogen) atoms. The summed E-state index contributed by atoms with van der Waals surface area (Å²) in [5.41, 5.74) is 50.4. The summed E-state index contributed by atoms with van der Waals surface area (Å²) < 4.78 is 0.0180. The molecule has 1 heteroatoms. The topological polar surface area (TPSA) is 0 Å². The van der Waals surface area contributed by atoms with Crippen molar-refractivity contribution in [2.45, 2.75) is 194 Å². The molecule has 23 atom stereocenters. The van der Waals surface area contributed by atoms with Gasteiger partial charge in [0, 0.05) is 10.3 Å². The van der Waals surface area contributed by atoms with E-state index in [1.54, 1.807) is 11.1 Å². The Bertz CT molecular complexity index is 5750. The maximum atomic E-state index is 2.85. The number of benzene rings is 10. The molecule has 0 amide bonds. The Hall–Kier alpha value is -5.37.